The lowest BCUT2D eigenvalue weighted by molar-refractivity contribution is -0.111. The summed E-state index contributed by atoms with van der Waals surface area (Å²) in [6, 6.07) is 6.99. The third-order valence-electron chi connectivity index (χ3n) is 3.38. The van der Waals surface area contributed by atoms with Gasteiger partial charge in [0.05, 0.1) is 17.7 Å². The van der Waals surface area contributed by atoms with E-state index < -0.39 is 17.7 Å². The number of nitrogens with zero attached hydrogens (tertiary/aromatic N) is 1. The summed E-state index contributed by atoms with van der Waals surface area (Å²) >= 11 is 0. The van der Waals surface area contributed by atoms with Gasteiger partial charge in [-0.3, -0.25) is 0 Å². The molecule has 0 unspecified atom stereocenters. The first-order valence-corrected chi connectivity index (χ1v) is 6.82. The summed E-state index contributed by atoms with van der Waals surface area (Å²) in [6.45, 7) is 5.33. The number of alkyl carbamates (subject to hydrolysis) is 1. The molecule has 0 fully saturated rings. The van der Waals surface area contributed by atoms with Crippen molar-refractivity contribution in [2.75, 3.05) is 0 Å². The van der Waals surface area contributed by atoms with Crippen LogP contribution in [0.25, 0.3) is 0 Å². The summed E-state index contributed by atoms with van der Waals surface area (Å²) in [6.07, 6.45) is 0.723. The zero-order chi connectivity index (χ0) is 15.6. The Bertz CT molecular complexity index is 611. The Morgan fingerprint density at radius 3 is 2.76 bits per heavy atom. The first-order valence-electron chi connectivity index (χ1n) is 6.82. The number of benzene rings is 1. The van der Waals surface area contributed by atoms with Gasteiger partial charge in [-0.25, -0.2) is 4.79 Å². The summed E-state index contributed by atoms with van der Waals surface area (Å²) in [7, 11) is 0. The van der Waals surface area contributed by atoms with E-state index in [0.717, 1.165) is 17.4 Å². The largest absolute Gasteiger partial charge is 0.444 e. The summed E-state index contributed by atoms with van der Waals surface area (Å²) in [5.41, 5.74) is 1.60. The third-order valence-corrected chi connectivity index (χ3v) is 3.38. The summed E-state index contributed by atoms with van der Waals surface area (Å²) in [4.78, 5) is 23.2. The summed E-state index contributed by atoms with van der Waals surface area (Å²) in [5, 5.41) is 11.9. The van der Waals surface area contributed by atoms with Gasteiger partial charge >= 0.3 is 6.09 Å². The SMILES string of the molecule is CC(C)(C)OC(=O)N[C@@H]1c2cccc(C#N)c2C[C@H]1C=O. The molecule has 0 saturated heterocycles. The van der Waals surface area contributed by atoms with E-state index in [0.29, 0.717) is 12.0 Å². The average molecular weight is 286 g/mol. The lowest BCUT2D eigenvalue weighted by Gasteiger charge is -2.23. The van der Waals surface area contributed by atoms with Crippen LogP contribution in [0.15, 0.2) is 18.2 Å². The number of rotatable bonds is 2. The second-order valence-corrected chi connectivity index (χ2v) is 6.11. The Hall–Kier alpha value is -2.35. The van der Waals surface area contributed by atoms with Crippen LogP contribution in [-0.2, 0) is 16.0 Å². The fraction of sp³-hybridized carbons (Fsp3) is 0.438. The molecule has 1 N–H and O–H groups in total. The van der Waals surface area contributed by atoms with Crippen molar-refractivity contribution in [3.05, 3.63) is 34.9 Å². The molecular formula is C16H18N2O3. The number of fused-ring (bicyclic) bond motifs is 1. The van der Waals surface area contributed by atoms with Crippen molar-refractivity contribution in [1.29, 1.82) is 5.26 Å². The minimum absolute atomic E-state index is 0.373. The zero-order valence-electron chi connectivity index (χ0n) is 12.3. The molecule has 1 aromatic rings. The van der Waals surface area contributed by atoms with E-state index >= 15 is 0 Å². The Labute approximate surface area is 123 Å². The number of ether oxygens (including phenoxy) is 1. The first-order chi connectivity index (χ1) is 9.85. The maximum atomic E-state index is 11.9. The van der Waals surface area contributed by atoms with Crippen LogP contribution in [0.5, 0.6) is 0 Å². The molecule has 0 heterocycles. The highest BCUT2D eigenvalue weighted by atomic mass is 16.6. The molecule has 0 bridgehead atoms. The summed E-state index contributed by atoms with van der Waals surface area (Å²) in [5.74, 6) is -0.373. The van der Waals surface area contributed by atoms with Gasteiger partial charge in [0.25, 0.3) is 0 Å². The lowest BCUT2D eigenvalue weighted by Crippen LogP contribution is -2.36. The van der Waals surface area contributed by atoms with Gasteiger partial charge in [-0.2, -0.15) is 5.26 Å². The number of carbonyl (C=O) groups is 2. The van der Waals surface area contributed by atoms with E-state index in [1.165, 1.54) is 0 Å². The van der Waals surface area contributed by atoms with Crippen LogP contribution in [-0.4, -0.2) is 18.0 Å². The van der Waals surface area contributed by atoms with Crippen LogP contribution in [0.4, 0.5) is 4.79 Å². The fourth-order valence-electron chi connectivity index (χ4n) is 2.56. The second kappa shape index (κ2) is 5.57. The maximum absolute atomic E-state index is 11.9. The first kappa shape index (κ1) is 15.0. The number of hydrogen-bond acceptors (Lipinski definition) is 4. The van der Waals surface area contributed by atoms with E-state index in [9.17, 15) is 9.59 Å². The highest BCUT2D eigenvalue weighted by Crippen LogP contribution is 2.36. The zero-order valence-corrected chi connectivity index (χ0v) is 12.3. The monoisotopic (exact) mass is 286 g/mol. The molecule has 110 valence electrons. The maximum Gasteiger partial charge on any atom is 0.408 e. The van der Waals surface area contributed by atoms with Crippen molar-refractivity contribution in [3.63, 3.8) is 0 Å². The molecule has 2 rings (SSSR count). The Morgan fingerprint density at radius 1 is 1.48 bits per heavy atom. The minimum Gasteiger partial charge on any atom is -0.444 e. The molecule has 0 spiro atoms. The number of hydrogen-bond donors (Lipinski definition) is 1. The molecule has 1 amide bonds. The van der Waals surface area contributed by atoms with Crippen LogP contribution >= 0.6 is 0 Å². The van der Waals surface area contributed by atoms with Crippen molar-refractivity contribution < 1.29 is 14.3 Å². The van der Waals surface area contributed by atoms with Gasteiger partial charge in [-0.15, -0.1) is 0 Å². The van der Waals surface area contributed by atoms with Gasteiger partial charge in [0.15, 0.2) is 0 Å². The minimum atomic E-state index is -0.601. The molecule has 1 aromatic carbocycles. The van der Waals surface area contributed by atoms with Crippen molar-refractivity contribution >= 4 is 12.4 Å². The van der Waals surface area contributed by atoms with Gasteiger partial charge in [0.2, 0.25) is 0 Å². The van der Waals surface area contributed by atoms with Gasteiger partial charge < -0.3 is 14.8 Å². The van der Waals surface area contributed by atoms with E-state index in [4.69, 9.17) is 10.00 Å². The predicted molar refractivity (Wildman–Crippen MR) is 76.5 cm³/mol. The molecule has 0 aromatic heterocycles. The number of aldehydes is 1. The van der Waals surface area contributed by atoms with Gasteiger partial charge in [-0.05, 0) is 44.4 Å². The Balaban J connectivity index is 2.26. The van der Waals surface area contributed by atoms with Crippen molar-refractivity contribution in [2.45, 2.75) is 38.8 Å². The van der Waals surface area contributed by atoms with E-state index in [-0.39, 0.29) is 5.92 Å². The molecular weight excluding hydrogens is 268 g/mol. The lowest BCUT2D eigenvalue weighted by atomic mass is 10.0. The van der Waals surface area contributed by atoms with Crippen molar-refractivity contribution in [3.8, 4) is 6.07 Å². The van der Waals surface area contributed by atoms with Gasteiger partial charge in [0, 0.05) is 5.92 Å². The van der Waals surface area contributed by atoms with Crippen LogP contribution in [0.3, 0.4) is 0 Å². The molecule has 5 heteroatoms. The molecule has 1 aliphatic rings. The topological polar surface area (TPSA) is 79.2 Å². The van der Waals surface area contributed by atoms with E-state index in [1.54, 1.807) is 32.9 Å². The Morgan fingerprint density at radius 2 is 2.19 bits per heavy atom. The van der Waals surface area contributed by atoms with Gasteiger partial charge in [-0.1, -0.05) is 12.1 Å². The molecule has 1 aliphatic carbocycles. The molecule has 0 saturated carbocycles. The highest BCUT2D eigenvalue weighted by molar-refractivity contribution is 5.71. The normalized spacial score (nSPS) is 20.3. The molecule has 0 aliphatic heterocycles. The van der Waals surface area contributed by atoms with Crippen molar-refractivity contribution in [2.24, 2.45) is 5.92 Å². The Kier molecular flexibility index (Phi) is 3.99. The standard InChI is InChI=1S/C16H18N2O3/c1-16(2,3)21-15(20)18-14-11(9-19)7-13-10(8-17)5-4-6-12(13)14/h4-6,9,11,14H,7H2,1-3H3,(H,18,20)/t11-,14-/m0/s1. The second-order valence-electron chi connectivity index (χ2n) is 6.11. The molecule has 5 nitrogen and oxygen atoms in total. The van der Waals surface area contributed by atoms with E-state index in [1.807, 2.05) is 6.07 Å². The number of nitriles is 1. The highest BCUT2D eigenvalue weighted by Gasteiger charge is 2.35. The fourth-order valence-corrected chi connectivity index (χ4v) is 2.56. The number of amides is 1. The van der Waals surface area contributed by atoms with Gasteiger partial charge in [0.1, 0.15) is 11.9 Å². The van der Waals surface area contributed by atoms with Crippen molar-refractivity contribution in [1.82, 2.24) is 5.32 Å². The number of carbonyl (C=O) groups excluding carboxylic acids is 2. The van der Waals surface area contributed by atoms with Crippen LogP contribution < -0.4 is 5.32 Å². The van der Waals surface area contributed by atoms with Crippen LogP contribution in [0.2, 0.25) is 0 Å². The smallest absolute Gasteiger partial charge is 0.408 e. The average Bonchev–Trinajstić information content (AvgIpc) is 2.74. The quantitative estimate of drug-likeness (QED) is 0.847. The molecule has 2 atom stereocenters. The third kappa shape index (κ3) is 3.22. The molecule has 21 heavy (non-hydrogen) atoms. The summed E-state index contributed by atoms with van der Waals surface area (Å²) < 4.78 is 5.23. The predicted octanol–water partition coefficient (Wildman–Crippen LogP) is 2.50. The van der Waals surface area contributed by atoms with Crippen LogP contribution in [0.1, 0.15) is 43.5 Å². The van der Waals surface area contributed by atoms with E-state index in [2.05, 4.69) is 11.4 Å². The number of nitrogens with one attached hydrogen (secondary N) is 1. The van der Waals surface area contributed by atoms with Crippen LogP contribution in [0, 0.1) is 17.2 Å². The molecule has 0 radical (unpaired) electrons.